The monoisotopic (exact) mass is 294 g/mol. The molecule has 1 saturated heterocycles. The van der Waals surface area contributed by atoms with Crippen LogP contribution in [0, 0.1) is 5.92 Å². The van der Waals surface area contributed by atoms with E-state index in [1.54, 1.807) is 19.1 Å². The molecule has 1 heterocycles. The van der Waals surface area contributed by atoms with E-state index in [2.05, 4.69) is 5.32 Å². The van der Waals surface area contributed by atoms with Crippen LogP contribution in [0.4, 0.5) is 9.18 Å². The van der Waals surface area contributed by atoms with Crippen LogP contribution in [0.15, 0.2) is 23.8 Å². The minimum atomic E-state index is -0.863. The number of allylic oxidation sites excluding steroid dienone is 3. The van der Waals surface area contributed by atoms with E-state index in [0.717, 1.165) is 24.2 Å². The number of nitrogens with one attached hydrogen (secondary N) is 1. The first kappa shape index (κ1) is 15.4. The fourth-order valence-electron chi connectivity index (χ4n) is 2.63. The fourth-order valence-corrected chi connectivity index (χ4v) is 2.63. The van der Waals surface area contributed by atoms with Crippen molar-refractivity contribution in [3.8, 4) is 0 Å². The molecule has 0 aromatic carbocycles. The Balaban J connectivity index is 2.10. The van der Waals surface area contributed by atoms with E-state index in [-0.39, 0.29) is 18.0 Å². The van der Waals surface area contributed by atoms with E-state index in [0.29, 0.717) is 6.42 Å². The lowest BCUT2D eigenvalue weighted by atomic mass is 9.87. The molecule has 1 saturated carbocycles. The van der Waals surface area contributed by atoms with Gasteiger partial charge in [-0.2, -0.15) is 0 Å². The molecule has 6 heteroatoms. The van der Waals surface area contributed by atoms with Crippen molar-refractivity contribution in [2.24, 2.45) is 5.92 Å². The van der Waals surface area contributed by atoms with Gasteiger partial charge in [0.05, 0.1) is 0 Å². The van der Waals surface area contributed by atoms with Gasteiger partial charge in [0.25, 0.3) is 11.8 Å². The molecule has 1 N–H and O–H groups in total. The number of urea groups is 1. The summed E-state index contributed by atoms with van der Waals surface area (Å²) in [4.78, 5) is 36.1. The van der Waals surface area contributed by atoms with E-state index < -0.39 is 24.0 Å². The molecule has 114 valence electrons. The van der Waals surface area contributed by atoms with Gasteiger partial charge in [-0.25, -0.2) is 9.18 Å². The van der Waals surface area contributed by atoms with Crippen LogP contribution in [0.25, 0.3) is 0 Å². The van der Waals surface area contributed by atoms with Crippen LogP contribution < -0.4 is 5.32 Å². The Bertz CT molecular complexity index is 513. The van der Waals surface area contributed by atoms with Crippen molar-refractivity contribution in [1.82, 2.24) is 10.2 Å². The topological polar surface area (TPSA) is 66.5 Å². The summed E-state index contributed by atoms with van der Waals surface area (Å²) >= 11 is 0. The first-order valence-corrected chi connectivity index (χ1v) is 7.24. The highest BCUT2D eigenvalue weighted by Gasteiger charge is 2.34. The van der Waals surface area contributed by atoms with Gasteiger partial charge in [-0.1, -0.05) is 25.0 Å². The van der Waals surface area contributed by atoms with Gasteiger partial charge >= 0.3 is 6.03 Å². The zero-order valence-corrected chi connectivity index (χ0v) is 12.0. The molecule has 0 radical (unpaired) electrons. The second kappa shape index (κ2) is 6.65. The van der Waals surface area contributed by atoms with Gasteiger partial charge in [0.1, 0.15) is 11.7 Å². The molecule has 2 atom stereocenters. The van der Waals surface area contributed by atoms with Crippen molar-refractivity contribution in [2.75, 3.05) is 6.54 Å². The first-order chi connectivity index (χ1) is 10.0. The second-order valence-electron chi connectivity index (χ2n) is 5.24. The minimum Gasteiger partial charge on any atom is -0.273 e. The maximum absolute atomic E-state index is 13.7. The van der Waals surface area contributed by atoms with E-state index in [1.807, 2.05) is 0 Å². The van der Waals surface area contributed by atoms with Crippen molar-refractivity contribution in [3.05, 3.63) is 23.8 Å². The molecule has 2 aliphatic rings. The Morgan fingerprint density at radius 2 is 2.00 bits per heavy atom. The third-order valence-corrected chi connectivity index (χ3v) is 3.86. The quantitative estimate of drug-likeness (QED) is 0.640. The highest BCUT2D eigenvalue weighted by Crippen LogP contribution is 2.27. The number of nitrogens with zero attached hydrogens (tertiary/aromatic N) is 1. The number of carbonyl (C=O) groups is 3. The van der Waals surface area contributed by atoms with E-state index in [1.165, 1.54) is 6.08 Å². The number of rotatable bonds is 3. The number of barbiturate groups is 1. The predicted molar refractivity (Wildman–Crippen MR) is 75.0 cm³/mol. The van der Waals surface area contributed by atoms with Crippen LogP contribution in [-0.2, 0) is 9.59 Å². The lowest BCUT2D eigenvalue weighted by molar-refractivity contribution is -0.130. The Hall–Kier alpha value is -1.98. The molecule has 2 unspecified atom stereocenters. The molecule has 21 heavy (non-hydrogen) atoms. The SMILES string of the molecule is CCN1C(=O)NC(=O)/C(=C\C=C\C2CCCCC2F)C1=O. The maximum Gasteiger partial charge on any atom is 0.331 e. The summed E-state index contributed by atoms with van der Waals surface area (Å²) in [5.74, 6) is -1.49. The highest BCUT2D eigenvalue weighted by atomic mass is 19.1. The number of carbonyl (C=O) groups excluding carboxylic acids is 3. The van der Waals surface area contributed by atoms with Crippen molar-refractivity contribution in [1.29, 1.82) is 0 Å². The maximum atomic E-state index is 13.7. The largest absolute Gasteiger partial charge is 0.331 e. The summed E-state index contributed by atoms with van der Waals surface area (Å²) in [6.07, 6.45) is 6.96. The van der Waals surface area contributed by atoms with Gasteiger partial charge < -0.3 is 0 Å². The highest BCUT2D eigenvalue weighted by molar-refractivity contribution is 6.28. The minimum absolute atomic E-state index is 0.0982. The average Bonchev–Trinajstić information content (AvgIpc) is 2.44. The molecule has 2 rings (SSSR count). The summed E-state index contributed by atoms with van der Waals surface area (Å²) in [6, 6.07) is -0.704. The number of hydrogen-bond acceptors (Lipinski definition) is 3. The van der Waals surface area contributed by atoms with Crippen LogP contribution in [0.3, 0.4) is 0 Å². The van der Waals surface area contributed by atoms with Crippen molar-refractivity contribution in [3.63, 3.8) is 0 Å². The number of halogens is 1. The third kappa shape index (κ3) is 3.37. The van der Waals surface area contributed by atoms with Gasteiger partial charge in [-0.15, -0.1) is 0 Å². The number of imide groups is 2. The summed E-state index contributed by atoms with van der Waals surface area (Å²) in [6.45, 7) is 1.84. The van der Waals surface area contributed by atoms with E-state index in [9.17, 15) is 18.8 Å². The van der Waals surface area contributed by atoms with Gasteiger partial charge in [-0.05, 0) is 25.8 Å². The molecule has 0 aromatic heterocycles. The van der Waals surface area contributed by atoms with E-state index in [4.69, 9.17) is 0 Å². The van der Waals surface area contributed by atoms with Crippen molar-refractivity contribution in [2.45, 2.75) is 38.8 Å². The second-order valence-corrected chi connectivity index (χ2v) is 5.24. The van der Waals surface area contributed by atoms with Gasteiger partial charge in [0, 0.05) is 12.5 Å². The number of alkyl halides is 1. The molecule has 1 aliphatic carbocycles. The van der Waals surface area contributed by atoms with Gasteiger partial charge in [0.2, 0.25) is 0 Å². The first-order valence-electron chi connectivity index (χ1n) is 7.24. The normalized spacial score (nSPS) is 29.3. The zero-order valence-electron chi connectivity index (χ0n) is 12.0. The lowest BCUT2D eigenvalue weighted by Crippen LogP contribution is -2.53. The third-order valence-electron chi connectivity index (χ3n) is 3.86. The summed E-state index contributed by atoms with van der Waals surface area (Å²) in [5.41, 5.74) is -0.0982. The number of hydrogen-bond donors (Lipinski definition) is 1. The zero-order chi connectivity index (χ0) is 15.4. The smallest absolute Gasteiger partial charge is 0.273 e. The fraction of sp³-hybridized carbons (Fsp3) is 0.533. The molecule has 0 spiro atoms. The summed E-state index contributed by atoms with van der Waals surface area (Å²) in [7, 11) is 0. The summed E-state index contributed by atoms with van der Waals surface area (Å²) in [5, 5.41) is 2.11. The average molecular weight is 294 g/mol. The standard InChI is InChI=1S/C15H19FN2O3/c1-2-18-14(20)11(13(19)17-15(18)21)8-5-7-10-6-3-4-9-12(10)16/h5,7-8,10,12H,2-4,6,9H2,1H3,(H,17,19,21)/b7-5+,11-8+. The Morgan fingerprint density at radius 1 is 1.29 bits per heavy atom. The molecule has 4 amide bonds. The van der Waals surface area contributed by atoms with Gasteiger partial charge in [-0.3, -0.25) is 19.8 Å². The molecule has 2 fully saturated rings. The Labute approximate surface area is 122 Å². The molecule has 1 aliphatic heterocycles. The van der Waals surface area contributed by atoms with Gasteiger partial charge in [0.15, 0.2) is 0 Å². The molecule has 5 nitrogen and oxygen atoms in total. The number of likely N-dealkylation sites (N-methyl/N-ethyl adjacent to an activating group) is 1. The molecule has 0 aromatic rings. The Morgan fingerprint density at radius 3 is 2.67 bits per heavy atom. The van der Waals surface area contributed by atoms with Crippen LogP contribution in [0.2, 0.25) is 0 Å². The predicted octanol–water partition coefficient (Wildman–Crippen LogP) is 2.10. The number of amides is 4. The molecular formula is C15H19FN2O3. The summed E-state index contributed by atoms with van der Waals surface area (Å²) < 4.78 is 13.7. The van der Waals surface area contributed by atoms with Crippen LogP contribution in [0.5, 0.6) is 0 Å². The van der Waals surface area contributed by atoms with E-state index >= 15 is 0 Å². The van der Waals surface area contributed by atoms with Crippen LogP contribution in [-0.4, -0.2) is 35.5 Å². The molecular weight excluding hydrogens is 275 g/mol. The molecule has 0 bridgehead atoms. The van der Waals surface area contributed by atoms with Crippen molar-refractivity contribution < 1.29 is 18.8 Å². The lowest BCUT2D eigenvalue weighted by Gasteiger charge is -2.25. The van der Waals surface area contributed by atoms with Crippen LogP contribution in [0.1, 0.15) is 32.6 Å². The van der Waals surface area contributed by atoms with Crippen LogP contribution >= 0.6 is 0 Å². The van der Waals surface area contributed by atoms with Crippen molar-refractivity contribution >= 4 is 17.8 Å². The Kier molecular flexibility index (Phi) is 4.88.